The van der Waals surface area contributed by atoms with E-state index in [1.807, 2.05) is 54.7 Å². The van der Waals surface area contributed by atoms with E-state index in [9.17, 15) is 4.79 Å². The van der Waals surface area contributed by atoms with E-state index >= 15 is 0 Å². The number of carbonyl (C=O) groups is 1. The average Bonchev–Trinajstić information content (AvgIpc) is 3.06. The van der Waals surface area contributed by atoms with E-state index in [0.29, 0.717) is 6.54 Å². The second-order valence-corrected chi connectivity index (χ2v) is 5.62. The number of nitrogens with one attached hydrogen (secondary N) is 3. The normalized spacial score (nSPS) is 10.9. The molecule has 128 valence electrons. The van der Waals surface area contributed by atoms with Crippen molar-refractivity contribution >= 4 is 23.0 Å². The Morgan fingerprint density at radius 1 is 1.16 bits per heavy atom. The molecule has 3 rings (SSSR count). The molecule has 0 spiro atoms. The third-order valence-corrected chi connectivity index (χ3v) is 3.96. The van der Waals surface area contributed by atoms with Gasteiger partial charge in [0.05, 0.1) is 7.11 Å². The highest BCUT2D eigenvalue weighted by molar-refractivity contribution is 5.83. The van der Waals surface area contributed by atoms with Crippen LogP contribution in [-0.4, -0.2) is 24.7 Å². The second kappa shape index (κ2) is 8.06. The van der Waals surface area contributed by atoms with Gasteiger partial charge in [0, 0.05) is 29.8 Å². The molecular weight excluding hydrogens is 314 g/mol. The van der Waals surface area contributed by atoms with Crippen LogP contribution in [0, 0.1) is 0 Å². The van der Waals surface area contributed by atoms with Crippen LogP contribution in [-0.2, 0) is 6.42 Å². The molecule has 5 heteroatoms. The van der Waals surface area contributed by atoms with Crippen molar-refractivity contribution in [3.05, 3.63) is 72.1 Å². The summed E-state index contributed by atoms with van der Waals surface area (Å²) < 4.78 is 5.11. The van der Waals surface area contributed by atoms with Gasteiger partial charge in [-0.2, -0.15) is 0 Å². The molecule has 0 aliphatic heterocycles. The van der Waals surface area contributed by atoms with Gasteiger partial charge in [-0.05, 0) is 41.8 Å². The summed E-state index contributed by atoms with van der Waals surface area (Å²) in [7, 11) is 1.63. The van der Waals surface area contributed by atoms with Crippen molar-refractivity contribution in [1.29, 1.82) is 0 Å². The molecule has 2 amide bonds. The number of ether oxygens (including phenoxy) is 1. The number of rotatable bonds is 6. The van der Waals surface area contributed by atoms with Gasteiger partial charge in [0.15, 0.2) is 0 Å². The standard InChI is InChI=1S/C20H21N3O2/c1-25-17-8-6-15(7-9-17)10-12-21-20(24)22-13-11-16-14-23-19-5-3-2-4-18(16)19/h2-10,12,14,23H,11,13H2,1H3,(H2,21,22,24)/b12-10+. The minimum Gasteiger partial charge on any atom is -0.497 e. The minimum atomic E-state index is -0.218. The van der Waals surface area contributed by atoms with Crippen molar-refractivity contribution in [2.75, 3.05) is 13.7 Å². The minimum absolute atomic E-state index is 0.218. The van der Waals surface area contributed by atoms with Crippen LogP contribution < -0.4 is 15.4 Å². The lowest BCUT2D eigenvalue weighted by molar-refractivity contribution is 0.244. The Hall–Kier alpha value is -3.21. The van der Waals surface area contributed by atoms with E-state index in [1.165, 1.54) is 10.9 Å². The van der Waals surface area contributed by atoms with Crippen LogP contribution >= 0.6 is 0 Å². The van der Waals surface area contributed by atoms with E-state index in [-0.39, 0.29) is 6.03 Å². The average molecular weight is 335 g/mol. The summed E-state index contributed by atoms with van der Waals surface area (Å²) in [6, 6.07) is 15.5. The summed E-state index contributed by atoms with van der Waals surface area (Å²) >= 11 is 0. The van der Waals surface area contributed by atoms with E-state index in [2.05, 4.69) is 21.7 Å². The molecule has 0 atom stereocenters. The monoisotopic (exact) mass is 335 g/mol. The van der Waals surface area contributed by atoms with Crippen LogP contribution in [0.15, 0.2) is 60.9 Å². The first-order chi connectivity index (χ1) is 12.3. The lowest BCUT2D eigenvalue weighted by Gasteiger charge is -2.04. The molecule has 0 aliphatic carbocycles. The van der Waals surface area contributed by atoms with Crippen molar-refractivity contribution in [3.8, 4) is 5.75 Å². The maximum atomic E-state index is 11.8. The van der Waals surface area contributed by atoms with Gasteiger partial charge in [-0.25, -0.2) is 4.79 Å². The van der Waals surface area contributed by atoms with Crippen LogP contribution in [0.1, 0.15) is 11.1 Å². The Morgan fingerprint density at radius 2 is 1.96 bits per heavy atom. The molecule has 0 fully saturated rings. The van der Waals surface area contributed by atoms with Gasteiger partial charge in [0.1, 0.15) is 5.75 Å². The first kappa shape index (κ1) is 16.6. The number of fused-ring (bicyclic) bond motifs is 1. The van der Waals surface area contributed by atoms with Crippen molar-refractivity contribution in [1.82, 2.24) is 15.6 Å². The summed E-state index contributed by atoms with van der Waals surface area (Å²) in [4.78, 5) is 15.1. The van der Waals surface area contributed by atoms with E-state index in [0.717, 1.165) is 23.3 Å². The number of amides is 2. The summed E-state index contributed by atoms with van der Waals surface area (Å²) in [5, 5.41) is 6.76. The van der Waals surface area contributed by atoms with Gasteiger partial charge in [-0.3, -0.25) is 0 Å². The van der Waals surface area contributed by atoms with Crippen LogP contribution in [0.4, 0.5) is 4.79 Å². The summed E-state index contributed by atoms with van der Waals surface area (Å²) in [6.07, 6.45) is 6.23. The second-order valence-electron chi connectivity index (χ2n) is 5.62. The van der Waals surface area contributed by atoms with Gasteiger partial charge < -0.3 is 20.4 Å². The lowest BCUT2D eigenvalue weighted by atomic mass is 10.1. The molecule has 25 heavy (non-hydrogen) atoms. The maximum absolute atomic E-state index is 11.8. The fraction of sp³-hybridized carbons (Fsp3) is 0.150. The number of carbonyl (C=O) groups excluding carboxylic acids is 1. The van der Waals surface area contributed by atoms with E-state index < -0.39 is 0 Å². The molecule has 3 aromatic rings. The highest BCUT2D eigenvalue weighted by Gasteiger charge is 2.03. The zero-order valence-electron chi connectivity index (χ0n) is 14.1. The topological polar surface area (TPSA) is 66.2 Å². The first-order valence-corrected chi connectivity index (χ1v) is 8.16. The molecular formula is C20H21N3O2. The molecule has 3 N–H and O–H groups in total. The van der Waals surface area contributed by atoms with E-state index in [1.54, 1.807) is 13.3 Å². The fourth-order valence-electron chi connectivity index (χ4n) is 2.63. The Morgan fingerprint density at radius 3 is 2.76 bits per heavy atom. The molecule has 0 saturated carbocycles. The Balaban J connectivity index is 1.44. The smallest absolute Gasteiger partial charge is 0.318 e. The number of aromatic amines is 1. The van der Waals surface area contributed by atoms with Crippen LogP contribution in [0.5, 0.6) is 5.75 Å². The molecule has 0 unspecified atom stereocenters. The zero-order chi connectivity index (χ0) is 17.5. The Bertz CT molecular complexity index is 866. The maximum Gasteiger partial charge on any atom is 0.318 e. The Kier molecular flexibility index (Phi) is 5.36. The third-order valence-electron chi connectivity index (χ3n) is 3.96. The van der Waals surface area contributed by atoms with Gasteiger partial charge in [-0.1, -0.05) is 30.3 Å². The van der Waals surface area contributed by atoms with Gasteiger partial charge in [0.2, 0.25) is 0 Å². The van der Waals surface area contributed by atoms with Crippen molar-refractivity contribution in [2.24, 2.45) is 0 Å². The number of H-pyrrole nitrogens is 1. The molecule has 1 heterocycles. The van der Waals surface area contributed by atoms with Gasteiger partial charge >= 0.3 is 6.03 Å². The highest BCUT2D eigenvalue weighted by atomic mass is 16.5. The van der Waals surface area contributed by atoms with Crippen molar-refractivity contribution < 1.29 is 9.53 Å². The molecule has 2 aromatic carbocycles. The molecule has 0 aliphatic rings. The predicted octanol–water partition coefficient (Wildman–Crippen LogP) is 3.69. The number of methoxy groups -OCH3 is 1. The number of para-hydroxylation sites is 1. The number of benzene rings is 2. The fourth-order valence-corrected chi connectivity index (χ4v) is 2.63. The lowest BCUT2D eigenvalue weighted by Crippen LogP contribution is -2.33. The van der Waals surface area contributed by atoms with E-state index in [4.69, 9.17) is 4.74 Å². The number of hydrogen-bond acceptors (Lipinski definition) is 2. The third kappa shape index (κ3) is 4.41. The zero-order valence-corrected chi connectivity index (χ0v) is 14.1. The molecule has 0 bridgehead atoms. The molecule has 0 radical (unpaired) electrons. The number of aromatic nitrogens is 1. The summed E-state index contributed by atoms with van der Waals surface area (Å²) in [5.74, 6) is 0.806. The molecule has 0 saturated heterocycles. The Labute approximate surface area is 146 Å². The predicted molar refractivity (Wildman–Crippen MR) is 101 cm³/mol. The summed E-state index contributed by atoms with van der Waals surface area (Å²) in [5.41, 5.74) is 3.30. The van der Waals surface area contributed by atoms with Gasteiger partial charge in [-0.15, -0.1) is 0 Å². The largest absolute Gasteiger partial charge is 0.497 e. The number of hydrogen-bond donors (Lipinski definition) is 3. The van der Waals surface area contributed by atoms with Crippen molar-refractivity contribution in [2.45, 2.75) is 6.42 Å². The van der Waals surface area contributed by atoms with Crippen LogP contribution in [0.2, 0.25) is 0 Å². The van der Waals surface area contributed by atoms with Crippen molar-refractivity contribution in [3.63, 3.8) is 0 Å². The van der Waals surface area contributed by atoms with Crippen LogP contribution in [0.25, 0.3) is 17.0 Å². The van der Waals surface area contributed by atoms with Crippen LogP contribution in [0.3, 0.4) is 0 Å². The first-order valence-electron chi connectivity index (χ1n) is 8.16. The molecule has 5 nitrogen and oxygen atoms in total. The quantitative estimate of drug-likeness (QED) is 0.643. The SMILES string of the molecule is COc1ccc(/C=C/NC(=O)NCCc2c[nH]c3ccccc23)cc1. The highest BCUT2D eigenvalue weighted by Crippen LogP contribution is 2.17. The van der Waals surface area contributed by atoms with Gasteiger partial charge in [0.25, 0.3) is 0 Å². The summed E-state index contributed by atoms with van der Waals surface area (Å²) in [6.45, 7) is 0.573. The number of urea groups is 1. The molecule has 1 aromatic heterocycles.